The Balaban J connectivity index is 2.44. The molecule has 1 heterocycles. The van der Waals surface area contributed by atoms with E-state index in [1.165, 1.54) is 0 Å². The fourth-order valence-corrected chi connectivity index (χ4v) is 3.76. The van der Waals surface area contributed by atoms with E-state index in [9.17, 15) is 8.42 Å². The van der Waals surface area contributed by atoms with Gasteiger partial charge in [0.2, 0.25) is 10.0 Å². The number of hydrogen-bond acceptors (Lipinski definition) is 4. The van der Waals surface area contributed by atoms with Gasteiger partial charge < -0.3 is 10.5 Å². The molecule has 112 valence electrons. The Hall–Kier alpha value is -1.11. The Morgan fingerprint density at radius 1 is 1.45 bits per heavy atom. The number of ether oxygens (including phenoxy) is 1. The molecule has 0 aliphatic carbocycles. The number of fused-ring (bicyclic) bond motifs is 1. The first kappa shape index (κ1) is 15.3. The minimum Gasteiger partial charge on any atom is -0.488 e. The first-order chi connectivity index (χ1) is 9.37. The average molecular weight is 298 g/mol. The lowest BCUT2D eigenvalue weighted by atomic mass is 10.0. The van der Waals surface area contributed by atoms with Crippen LogP contribution in [0.5, 0.6) is 5.75 Å². The van der Waals surface area contributed by atoms with Crippen LogP contribution in [-0.2, 0) is 22.9 Å². The van der Waals surface area contributed by atoms with Crippen molar-refractivity contribution < 1.29 is 13.2 Å². The lowest BCUT2D eigenvalue weighted by molar-refractivity contribution is 0.239. The number of benzene rings is 1. The lowest BCUT2D eigenvalue weighted by Crippen LogP contribution is -2.30. The highest BCUT2D eigenvalue weighted by atomic mass is 32.2. The molecule has 3 N–H and O–H groups in total. The van der Waals surface area contributed by atoms with Crippen LogP contribution >= 0.6 is 0 Å². The SMILES string of the molecule is CCc1cc(S(=O)(=O)NC(C)C)cc2c1OC(CN)C2. The Labute approximate surface area is 120 Å². The third-order valence-corrected chi connectivity index (χ3v) is 4.93. The van der Waals surface area contributed by atoms with Gasteiger partial charge in [0.15, 0.2) is 0 Å². The van der Waals surface area contributed by atoms with Gasteiger partial charge in [-0.15, -0.1) is 0 Å². The second-order valence-electron chi connectivity index (χ2n) is 5.38. The van der Waals surface area contributed by atoms with Crippen LogP contribution in [0.15, 0.2) is 17.0 Å². The second-order valence-corrected chi connectivity index (χ2v) is 7.09. The number of rotatable bonds is 5. The van der Waals surface area contributed by atoms with E-state index in [0.717, 1.165) is 23.3 Å². The van der Waals surface area contributed by atoms with E-state index in [1.54, 1.807) is 26.0 Å². The zero-order valence-electron chi connectivity index (χ0n) is 12.1. The largest absolute Gasteiger partial charge is 0.488 e. The van der Waals surface area contributed by atoms with Crippen molar-refractivity contribution in [3.8, 4) is 5.75 Å². The summed E-state index contributed by atoms with van der Waals surface area (Å²) in [6.45, 7) is 6.03. The monoisotopic (exact) mass is 298 g/mol. The van der Waals surface area contributed by atoms with Crippen molar-refractivity contribution in [3.63, 3.8) is 0 Å². The Bertz CT molecular complexity index is 597. The van der Waals surface area contributed by atoms with Crippen molar-refractivity contribution in [1.82, 2.24) is 4.72 Å². The zero-order chi connectivity index (χ0) is 14.9. The number of nitrogens with one attached hydrogen (secondary N) is 1. The van der Waals surface area contributed by atoms with Gasteiger partial charge >= 0.3 is 0 Å². The number of hydrogen-bond donors (Lipinski definition) is 2. The second kappa shape index (κ2) is 5.71. The Kier molecular flexibility index (Phi) is 4.36. The summed E-state index contributed by atoms with van der Waals surface area (Å²) < 4.78 is 33.0. The van der Waals surface area contributed by atoms with Crippen LogP contribution in [0, 0.1) is 0 Å². The molecule has 1 aromatic rings. The summed E-state index contributed by atoms with van der Waals surface area (Å²) in [5, 5.41) is 0. The van der Waals surface area contributed by atoms with Crippen molar-refractivity contribution in [1.29, 1.82) is 0 Å². The molecule has 0 spiro atoms. The molecule has 20 heavy (non-hydrogen) atoms. The molecular weight excluding hydrogens is 276 g/mol. The number of sulfonamides is 1. The first-order valence-corrected chi connectivity index (χ1v) is 8.40. The molecule has 0 saturated heterocycles. The average Bonchev–Trinajstić information content (AvgIpc) is 2.78. The highest BCUT2D eigenvalue weighted by molar-refractivity contribution is 7.89. The predicted molar refractivity (Wildman–Crippen MR) is 78.5 cm³/mol. The van der Waals surface area contributed by atoms with E-state index < -0.39 is 10.0 Å². The van der Waals surface area contributed by atoms with Gasteiger partial charge in [-0.25, -0.2) is 13.1 Å². The fourth-order valence-electron chi connectivity index (χ4n) is 2.41. The van der Waals surface area contributed by atoms with Crippen LogP contribution in [0.2, 0.25) is 0 Å². The van der Waals surface area contributed by atoms with Crippen LogP contribution in [0.25, 0.3) is 0 Å². The summed E-state index contributed by atoms with van der Waals surface area (Å²) in [6.07, 6.45) is 1.35. The van der Waals surface area contributed by atoms with Gasteiger partial charge in [-0.3, -0.25) is 0 Å². The molecule has 2 rings (SSSR count). The number of nitrogens with two attached hydrogens (primary N) is 1. The molecule has 0 saturated carbocycles. The predicted octanol–water partition coefficient (Wildman–Crippen LogP) is 1.20. The molecule has 0 aromatic heterocycles. The fraction of sp³-hybridized carbons (Fsp3) is 0.571. The van der Waals surface area contributed by atoms with Crippen molar-refractivity contribution in [2.45, 2.75) is 50.7 Å². The minimum atomic E-state index is -3.47. The highest BCUT2D eigenvalue weighted by Crippen LogP contribution is 2.35. The maximum absolute atomic E-state index is 12.3. The molecule has 1 aliphatic rings. The molecule has 1 aliphatic heterocycles. The van der Waals surface area contributed by atoms with Gasteiger partial charge in [-0.2, -0.15) is 0 Å². The van der Waals surface area contributed by atoms with Crippen molar-refractivity contribution in [3.05, 3.63) is 23.3 Å². The summed E-state index contributed by atoms with van der Waals surface area (Å²) >= 11 is 0. The lowest BCUT2D eigenvalue weighted by Gasteiger charge is -2.13. The Morgan fingerprint density at radius 3 is 2.70 bits per heavy atom. The first-order valence-electron chi connectivity index (χ1n) is 6.92. The van der Waals surface area contributed by atoms with E-state index in [-0.39, 0.29) is 12.1 Å². The standard InChI is InChI=1S/C14H22N2O3S/c1-4-10-6-13(20(17,18)16-9(2)3)7-11-5-12(8-15)19-14(10)11/h6-7,9,12,16H,4-5,8,15H2,1-3H3. The van der Waals surface area contributed by atoms with Gasteiger partial charge in [0.05, 0.1) is 4.90 Å². The molecule has 1 atom stereocenters. The quantitative estimate of drug-likeness (QED) is 0.856. The van der Waals surface area contributed by atoms with E-state index >= 15 is 0 Å². The maximum atomic E-state index is 12.3. The van der Waals surface area contributed by atoms with Crippen molar-refractivity contribution in [2.75, 3.05) is 6.54 Å². The van der Waals surface area contributed by atoms with Crippen LogP contribution in [0.3, 0.4) is 0 Å². The summed E-state index contributed by atoms with van der Waals surface area (Å²) in [4.78, 5) is 0.308. The van der Waals surface area contributed by atoms with E-state index in [2.05, 4.69) is 4.72 Å². The molecule has 6 heteroatoms. The van der Waals surface area contributed by atoms with Gasteiger partial charge in [0, 0.05) is 19.0 Å². The number of aryl methyl sites for hydroxylation is 1. The molecule has 0 radical (unpaired) electrons. The summed E-state index contributed by atoms with van der Waals surface area (Å²) in [5.74, 6) is 0.812. The summed E-state index contributed by atoms with van der Waals surface area (Å²) in [5.41, 5.74) is 7.49. The summed E-state index contributed by atoms with van der Waals surface area (Å²) in [7, 11) is -3.47. The molecule has 5 nitrogen and oxygen atoms in total. The van der Waals surface area contributed by atoms with E-state index in [4.69, 9.17) is 10.5 Å². The van der Waals surface area contributed by atoms with Gasteiger partial charge in [0.25, 0.3) is 0 Å². The van der Waals surface area contributed by atoms with Gasteiger partial charge in [-0.05, 0) is 43.5 Å². The van der Waals surface area contributed by atoms with Gasteiger partial charge in [0.1, 0.15) is 11.9 Å². The van der Waals surface area contributed by atoms with Crippen LogP contribution < -0.4 is 15.2 Å². The third kappa shape index (κ3) is 2.97. The van der Waals surface area contributed by atoms with Gasteiger partial charge in [-0.1, -0.05) is 6.92 Å². The molecule has 0 bridgehead atoms. The topological polar surface area (TPSA) is 81.4 Å². The Morgan fingerprint density at radius 2 is 2.15 bits per heavy atom. The van der Waals surface area contributed by atoms with Crippen molar-refractivity contribution in [2.24, 2.45) is 5.73 Å². The molecule has 1 aromatic carbocycles. The zero-order valence-corrected chi connectivity index (χ0v) is 13.0. The molecular formula is C14H22N2O3S. The van der Waals surface area contributed by atoms with Crippen LogP contribution in [-0.4, -0.2) is 27.1 Å². The molecule has 0 fully saturated rings. The maximum Gasteiger partial charge on any atom is 0.240 e. The minimum absolute atomic E-state index is 0.0497. The normalized spacial score (nSPS) is 18.1. The molecule has 0 amide bonds. The summed E-state index contributed by atoms with van der Waals surface area (Å²) in [6, 6.07) is 3.27. The van der Waals surface area contributed by atoms with E-state index in [1.807, 2.05) is 6.92 Å². The highest BCUT2D eigenvalue weighted by Gasteiger charge is 2.27. The van der Waals surface area contributed by atoms with Crippen LogP contribution in [0.4, 0.5) is 0 Å². The van der Waals surface area contributed by atoms with E-state index in [0.29, 0.717) is 17.9 Å². The molecule has 1 unspecified atom stereocenters. The third-order valence-electron chi connectivity index (χ3n) is 3.29. The van der Waals surface area contributed by atoms with Crippen molar-refractivity contribution >= 4 is 10.0 Å². The van der Waals surface area contributed by atoms with Crippen LogP contribution in [0.1, 0.15) is 31.9 Å². The smallest absolute Gasteiger partial charge is 0.240 e.